The zero-order chi connectivity index (χ0) is 13.7. The average Bonchev–Trinajstić information content (AvgIpc) is 3.17. The summed E-state index contributed by atoms with van der Waals surface area (Å²) >= 11 is 0. The van der Waals surface area contributed by atoms with E-state index >= 15 is 0 Å². The monoisotopic (exact) mass is 258 g/mol. The number of carbonyl (C=O) groups is 1. The minimum absolute atomic E-state index is 0.241. The number of hydrogen-bond acceptors (Lipinski definition) is 4. The van der Waals surface area contributed by atoms with Crippen molar-refractivity contribution < 1.29 is 14.6 Å². The molecule has 0 amide bonds. The first-order valence-corrected chi connectivity index (χ1v) is 5.99. The number of aromatic carboxylic acids is 1. The van der Waals surface area contributed by atoms with E-state index in [2.05, 4.69) is 16.1 Å². The summed E-state index contributed by atoms with van der Waals surface area (Å²) in [5.41, 5.74) is -0.0991. The van der Waals surface area contributed by atoms with E-state index < -0.39 is 5.97 Å². The molecule has 1 heterocycles. The third-order valence-corrected chi connectivity index (χ3v) is 2.93. The highest BCUT2D eigenvalue weighted by molar-refractivity contribution is 5.87. The maximum atomic E-state index is 10.7. The lowest BCUT2D eigenvalue weighted by atomic mass is 10.1. The average molecular weight is 258 g/mol. The van der Waals surface area contributed by atoms with Crippen molar-refractivity contribution in [2.24, 2.45) is 10.2 Å². The topological polar surface area (TPSA) is 71.2 Å². The molecule has 2 rings (SSSR count). The quantitative estimate of drug-likeness (QED) is 0.764. The Hall–Kier alpha value is -2.35. The van der Waals surface area contributed by atoms with Crippen LogP contribution in [-0.2, 0) is 0 Å². The van der Waals surface area contributed by atoms with Gasteiger partial charge in [0.2, 0.25) is 0 Å². The Labute approximate surface area is 111 Å². The smallest absolute Gasteiger partial charge is 0.335 e. The van der Waals surface area contributed by atoms with Crippen LogP contribution in [0.5, 0.6) is 5.75 Å². The van der Waals surface area contributed by atoms with Crippen LogP contribution in [0.25, 0.3) is 0 Å². The Bertz CT molecular complexity index is 523. The van der Waals surface area contributed by atoms with Crippen molar-refractivity contribution >= 4 is 5.97 Å². The number of carboxylic acid groups (broad SMARTS) is 1. The van der Waals surface area contributed by atoms with Crippen LogP contribution in [0.3, 0.4) is 0 Å². The summed E-state index contributed by atoms with van der Waals surface area (Å²) in [6.07, 6.45) is 7.31. The molecule has 0 fully saturated rings. The van der Waals surface area contributed by atoms with E-state index in [0.29, 0.717) is 25.2 Å². The van der Waals surface area contributed by atoms with Gasteiger partial charge in [0.15, 0.2) is 5.66 Å². The first-order valence-electron chi connectivity index (χ1n) is 5.99. The van der Waals surface area contributed by atoms with Crippen molar-refractivity contribution in [2.45, 2.75) is 24.9 Å². The van der Waals surface area contributed by atoms with Gasteiger partial charge in [-0.15, -0.1) is 12.3 Å². The molecule has 5 nitrogen and oxygen atoms in total. The first kappa shape index (κ1) is 13.1. The normalized spacial score (nSPS) is 14.7. The Balaban J connectivity index is 1.77. The molecule has 0 saturated carbocycles. The van der Waals surface area contributed by atoms with E-state index in [1.807, 2.05) is 0 Å². The summed E-state index contributed by atoms with van der Waals surface area (Å²) in [4.78, 5) is 10.7. The van der Waals surface area contributed by atoms with Crippen molar-refractivity contribution in [3.05, 3.63) is 29.8 Å². The maximum Gasteiger partial charge on any atom is 0.335 e. The van der Waals surface area contributed by atoms with Gasteiger partial charge in [0.05, 0.1) is 12.2 Å². The van der Waals surface area contributed by atoms with Gasteiger partial charge in [-0.05, 0) is 24.3 Å². The number of nitrogens with zero attached hydrogens (tertiary/aromatic N) is 2. The van der Waals surface area contributed by atoms with Crippen LogP contribution >= 0.6 is 0 Å². The van der Waals surface area contributed by atoms with Crippen LogP contribution in [0.15, 0.2) is 34.5 Å². The predicted molar refractivity (Wildman–Crippen MR) is 69.2 cm³/mol. The van der Waals surface area contributed by atoms with Crippen LogP contribution < -0.4 is 4.74 Å². The van der Waals surface area contributed by atoms with Gasteiger partial charge in [-0.2, -0.15) is 10.2 Å². The Morgan fingerprint density at radius 2 is 2.00 bits per heavy atom. The second-order valence-electron chi connectivity index (χ2n) is 4.31. The Morgan fingerprint density at radius 3 is 2.53 bits per heavy atom. The molecule has 0 atom stereocenters. The van der Waals surface area contributed by atoms with E-state index in [4.69, 9.17) is 16.3 Å². The third kappa shape index (κ3) is 3.55. The van der Waals surface area contributed by atoms with Crippen LogP contribution in [-0.4, -0.2) is 23.3 Å². The molecule has 19 heavy (non-hydrogen) atoms. The molecule has 5 heteroatoms. The summed E-state index contributed by atoms with van der Waals surface area (Å²) in [5, 5.41) is 16.8. The lowest BCUT2D eigenvalue weighted by Gasteiger charge is -2.10. The van der Waals surface area contributed by atoms with Crippen molar-refractivity contribution in [3.63, 3.8) is 0 Å². The highest BCUT2D eigenvalue weighted by atomic mass is 16.5. The molecule has 1 aliphatic rings. The largest absolute Gasteiger partial charge is 0.493 e. The van der Waals surface area contributed by atoms with Crippen LogP contribution in [0.2, 0.25) is 0 Å². The van der Waals surface area contributed by atoms with Crippen molar-refractivity contribution in [1.82, 2.24) is 0 Å². The molecule has 0 aliphatic carbocycles. The van der Waals surface area contributed by atoms with E-state index in [1.165, 1.54) is 12.1 Å². The fourth-order valence-electron chi connectivity index (χ4n) is 1.69. The van der Waals surface area contributed by atoms with Gasteiger partial charge in [-0.1, -0.05) is 0 Å². The molecule has 1 N–H and O–H groups in total. The van der Waals surface area contributed by atoms with E-state index in [-0.39, 0.29) is 11.2 Å². The van der Waals surface area contributed by atoms with Crippen LogP contribution in [0.4, 0.5) is 0 Å². The Kier molecular flexibility index (Phi) is 3.81. The minimum Gasteiger partial charge on any atom is -0.493 e. The third-order valence-electron chi connectivity index (χ3n) is 2.93. The molecular weight excluding hydrogens is 244 g/mol. The van der Waals surface area contributed by atoms with Crippen LogP contribution in [0.1, 0.15) is 29.6 Å². The molecule has 1 aromatic carbocycles. The number of terminal acetylenes is 1. The second-order valence-corrected chi connectivity index (χ2v) is 4.31. The van der Waals surface area contributed by atoms with Crippen molar-refractivity contribution in [3.8, 4) is 18.1 Å². The molecule has 1 aliphatic heterocycles. The second kappa shape index (κ2) is 5.53. The van der Waals surface area contributed by atoms with Gasteiger partial charge in [-0.3, -0.25) is 0 Å². The van der Waals surface area contributed by atoms with Crippen molar-refractivity contribution in [2.75, 3.05) is 6.61 Å². The van der Waals surface area contributed by atoms with E-state index in [0.717, 1.165) is 6.42 Å². The van der Waals surface area contributed by atoms with E-state index in [1.54, 1.807) is 12.1 Å². The Morgan fingerprint density at radius 1 is 1.32 bits per heavy atom. The molecule has 1 aromatic rings. The summed E-state index contributed by atoms with van der Waals surface area (Å²) in [6.45, 7) is 0.476. The molecule has 0 spiro atoms. The maximum absolute atomic E-state index is 10.7. The fourth-order valence-corrected chi connectivity index (χ4v) is 1.69. The molecule has 0 saturated heterocycles. The number of rotatable bonds is 7. The molecule has 0 aromatic heterocycles. The standard InChI is InChI=1S/C14H14N2O3/c1-2-3-8-14(15-16-14)9-10-19-12-6-4-11(5-7-12)13(17)18/h1,4-7H,3,8-10H2,(H,17,18). The molecule has 98 valence electrons. The summed E-state index contributed by atoms with van der Waals surface area (Å²) in [5.74, 6) is 2.26. The molecule has 0 bridgehead atoms. The summed E-state index contributed by atoms with van der Waals surface area (Å²) in [6, 6.07) is 6.30. The highest BCUT2D eigenvalue weighted by Gasteiger charge is 2.38. The summed E-state index contributed by atoms with van der Waals surface area (Å²) in [7, 11) is 0. The fraction of sp³-hybridized carbons (Fsp3) is 0.357. The zero-order valence-corrected chi connectivity index (χ0v) is 10.4. The summed E-state index contributed by atoms with van der Waals surface area (Å²) < 4.78 is 5.53. The minimum atomic E-state index is -0.949. The van der Waals surface area contributed by atoms with Crippen molar-refractivity contribution in [1.29, 1.82) is 0 Å². The number of benzene rings is 1. The lowest BCUT2D eigenvalue weighted by Crippen LogP contribution is -2.15. The zero-order valence-electron chi connectivity index (χ0n) is 10.4. The van der Waals surface area contributed by atoms with Gasteiger partial charge in [0.1, 0.15) is 5.75 Å². The number of ether oxygens (including phenoxy) is 1. The number of carboxylic acids is 1. The van der Waals surface area contributed by atoms with Gasteiger partial charge in [-0.25, -0.2) is 4.79 Å². The van der Waals surface area contributed by atoms with Gasteiger partial charge < -0.3 is 9.84 Å². The highest BCUT2D eigenvalue weighted by Crippen LogP contribution is 2.36. The van der Waals surface area contributed by atoms with Gasteiger partial charge >= 0.3 is 5.97 Å². The first-order chi connectivity index (χ1) is 9.15. The molecule has 0 unspecified atom stereocenters. The lowest BCUT2D eigenvalue weighted by molar-refractivity contribution is 0.0697. The van der Waals surface area contributed by atoms with Crippen LogP contribution in [0, 0.1) is 12.3 Å². The number of hydrogen-bond donors (Lipinski definition) is 1. The predicted octanol–water partition coefficient (Wildman–Crippen LogP) is 2.73. The molecule has 0 radical (unpaired) electrons. The molecular formula is C14H14N2O3. The van der Waals surface area contributed by atoms with E-state index in [9.17, 15) is 4.79 Å². The van der Waals surface area contributed by atoms with Gasteiger partial charge in [0, 0.05) is 19.3 Å². The SMILES string of the molecule is C#CCCC1(CCOc2ccc(C(=O)O)cc2)N=N1. The van der Waals surface area contributed by atoms with Gasteiger partial charge in [0.25, 0.3) is 0 Å².